The van der Waals surface area contributed by atoms with Gasteiger partial charge in [-0.15, -0.1) is 0 Å². The molecule has 0 amide bonds. The molecule has 0 atom stereocenters. The molecule has 20 heavy (non-hydrogen) atoms. The van der Waals surface area contributed by atoms with Crippen LogP contribution in [0.25, 0.3) is 0 Å². The van der Waals surface area contributed by atoms with Gasteiger partial charge in [0.05, 0.1) is 6.67 Å². The van der Waals surface area contributed by atoms with Gasteiger partial charge in [-0.25, -0.2) is 0 Å². The summed E-state index contributed by atoms with van der Waals surface area (Å²) in [6.45, 7) is 4.59. The zero-order valence-electron chi connectivity index (χ0n) is 12.8. The quantitative estimate of drug-likeness (QED) is 0.354. The van der Waals surface area contributed by atoms with Crippen LogP contribution in [0.1, 0.15) is 58.3 Å². The predicted octanol–water partition coefficient (Wildman–Crippen LogP) is -2.13. The van der Waals surface area contributed by atoms with Gasteiger partial charge in [0, 0.05) is 26.0 Å². The molecule has 120 valence electrons. The maximum absolute atomic E-state index is 8.68. The number of halogens is 1. The highest BCUT2D eigenvalue weighted by Gasteiger charge is 2.06. The summed E-state index contributed by atoms with van der Waals surface area (Å²) >= 11 is -3.76. The smallest absolute Gasteiger partial charge is 0.396 e. The Kier molecular flexibility index (Phi) is 13.9. The Morgan fingerprint density at radius 3 is 1.95 bits per heavy atom. The second kappa shape index (κ2) is 13.9. The topological polar surface area (TPSA) is 72.8 Å². The first-order valence-electron chi connectivity index (χ1n) is 7.43. The zero-order valence-corrected chi connectivity index (χ0v) is 14.9. The third-order valence-electron chi connectivity index (χ3n) is 3.24. The van der Waals surface area contributed by atoms with E-state index in [1.165, 1.54) is 57.9 Å². The Labute approximate surface area is 132 Å². The Balaban J connectivity index is 0.000000796. The maximum atomic E-state index is 8.68. The van der Waals surface area contributed by atoms with E-state index in [-0.39, 0.29) is 0 Å². The molecule has 0 radical (unpaired) electrons. The Hall–Kier alpha value is -0.0500. The van der Waals surface area contributed by atoms with E-state index in [0.29, 0.717) is 0 Å². The molecule has 1 aliphatic rings. The van der Waals surface area contributed by atoms with Crippen molar-refractivity contribution in [3.63, 3.8) is 0 Å². The summed E-state index contributed by atoms with van der Waals surface area (Å²) in [7, 11) is 2.13. The summed E-state index contributed by atoms with van der Waals surface area (Å²) in [6.07, 6.45) is 15.7. The molecule has 0 aromatic heterocycles. The molecule has 0 spiro atoms. The van der Waals surface area contributed by atoms with Gasteiger partial charge >= 0.3 is 21.1 Å². The molecule has 6 heteroatoms. The third kappa shape index (κ3) is 14.4. The van der Waals surface area contributed by atoms with Gasteiger partial charge in [-0.2, -0.15) is 0 Å². The highest BCUT2D eigenvalue weighted by molar-refractivity contribution is 4.88. The first kappa shape index (κ1) is 19.9. The van der Waals surface area contributed by atoms with Gasteiger partial charge in [0.1, 0.15) is 0 Å². The number of unbranched alkanes of at least 4 members (excludes halogenated alkanes) is 7. The van der Waals surface area contributed by atoms with E-state index < -0.39 is 21.1 Å². The Morgan fingerprint density at radius 2 is 1.50 bits per heavy atom. The van der Waals surface area contributed by atoms with Crippen LogP contribution in [0.15, 0.2) is 12.4 Å². The molecule has 1 aliphatic heterocycles. The van der Waals surface area contributed by atoms with Crippen LogP contribution in [-0.4, -0.2) is 33.5 Å². The van der Waals surface area contributed by atoms with E-state index in [1.54, 1.807) is 0 Å². The summed E-state index contributed by atoms with van der Waals surface area (Å²) in [4.78, 5) is 4.63. The molecule has 1 rings (SSSR count). The Bertz CT molecular complexity index is 238. The summed E-state index contributed by atoms with van der Waals surface area (Å²) in [5, 5.41) is 0. The first-order valence-corrected chi connectivity index (χ1v) is 10.2. The number of rotatable bonds is 9. The van der Waals surface area contributed by atoms with Gasteiger partial charge in [-0.3, -0.25) is 0 Å². The van der Waals surface area contributed by atoms with Gasteiger partial charge in [0.15, 0.2) is 0 Å². The first-order chi connectivity index (χ1) is 9.56. The highest BCUT2D eigenvalue weighted by atomic mass is 127. The van der Waals surface area contributed by atoms with Gasteiger partial charge < -0.3 is 16.7 Å². The van der Waals surface area contributed by atoms with E-state index in [0.717, 1.165) is 6.67 Å². The normalized spacial score (nSPS) is 13.9. The van der Waals surface area contributed by atoms with Crippen LogP contribution in [0.3, 0.4) is 0 Å². The minimum absolute atomic E-state index is 1.08. The van der Waals surface area contributed by atoms with Gasteiger partial charge in [0.25, 0.3) is 0 Å². The van der Waals surface area contributed by atoms with Crippen molar-refractivity contribution in [2.24, 2.45) is 0 Å². The molecule has 1 heterocycles. The minimum Gasteiger partial charge on any atom is -0.396 e. The van der Waals surface area contributed by atoms with Crippen molar-refractivity contribution in [1.29, 1.82) is 0 Å². The van der Waals surface area contributed by atoms with Crippen LogP contribution in [0.2, 0.25) is 0 Å². The molecule has 0 saturated heterocycles. The minimum atomic E-state index is -3.76. The summed E-state index contributed by atoms with van der Waals surface area (Å²) in [5.41, 5.74) is 0. The summed E-state index contributed by atoms with van der Waals surface area (Å²) < 4.78 is 24.5. The lowest BCUT2D eigenvalue weighted by molar-refractivity contribution is -1.63. The van der Waals surface area contributed by atoms with Crippen molar-refractivity contribution < 1.29 is 31.4 Å². The standard InChI is InChI=1S/C14H28N2.HIO3/c1-3-4-5-6-7-8-9-10-11-16-13-12-15(2)14-16;2-1(3)4/h12-13H,3-11,14H2,1-2H3;2H. The number of hydrogen-bond acceptors (Lipinski definition) is 5. The third-order valence-corrected chi connectivity index (χ3v) is 3.24. The monoisotopic (exact) mass is 400 g/mol. The second-order valence-corrected chi connectivity index (χ2v) is 6.33. The van der Waals surface area contributed by atoms with Crippen molar-refractivity contribution in [3.05, 3.63) is 12.4 Å². The lowest BCUT2D eigenvalue weighted by Gasteiger charge is -2.17. The average Bonchev–Trinajstić information content (AvgIpc) is 2.78. The molecule has 0 fully saturated rings. The highest BCUT2D eigenvalue weighted by Crippen LogP contribution is 2.10. The van der Waals surface area contributed by atoms with Crippen molar-refractivity contribution >= 4 is 0 Å². The molecule has 0 aromatic carbocycles. The van der Waals surface area contributed by atoms with E-state index in [1.807, 2.05) is 0 Å². The van der Waals surface area contributed by atoms with Gasteiger partial charge in [-0.1, -0.05) is 51.9 Å². The molecule has 0 unspecified atom stereocenters. The molecule has 0 aromatic rings. The lowest BCUT2D eigenvalue weighted by Crippen LogP contribution is -3.98. The van der Waals surface area contributed by atoms with E-state index >= 15 is 0 Å². The summed E-state index contributed by atoms with van der Waals surface area (Å²) in [5.74, 6) is 0. The fourth-order valence-corrected chi connectivity index (χ4v) is 2.18. The van der Waals surface area contributed by atoms with Crippen molar-refractivity contribution in [1.82, 2.24) is 9.80 Å². The van der Waals surface area contributed by atoms with Crippen molar-refractivity contribution in [2.75, 3.05) is 20.3 Å². The van der Waals surface area contributed by atoms with Crippen LogP contribution >= 0.6 is 0 Å². The van der Waals surface area contributed by atoms with Crippen LogP contribution in [0, 0.1) is 0 Å². The van der Waals surface area contributed by atoms with Crippen LogP contribution in [0.5, 0.6) is 0 Å². The predicted molar refractivity (Wildman–Crippen MR) is 73.3 cm³/mol. The largest absolute Gasteiger partial charge is 0.503 e. The molecule has 0 saturated carbocycles. The molecular weight excluding hydrogens is 371 g/mol. The molecule has 0 aliphatic carbocycles. The number of nitrogens with zero attached hydrogens (tertiary/aromatic N) is 2. The molecule has 5 nitrogen and oxygen atoms in total. The molecular formula is C14H29IN2O3. The number of hydrogen-bond donors (Lipinski definition) is 1. The molecule has 1 N–H and O–H groups in total. The fraction of sp³-hybridized carbons (Fsp3) is 0.857. The lowest BCUT2D eigenvalue weighted by atomic mass is 10.1. The van der Waals surface area contributed by atoms with Crippen LogP contribution in [-0.2, 0) is 0 Å². The van der Waals surface area contributed by atoms with Gasteiger partial charge in [0.2, 0.25) is 0 Å². The molecule has 0 bridgehead atoms. The van der Waals surface area contributed by atoms with Crippen molar-refractivity contribution in [2.45, 2.75) is 58.3 Å². The van der Waals surface area contributed by atoms with Gasteiger partial charge in [-0.05, 0) is 9.86 Å². The maximum Gasteiger partial charge on any atom is 0.503 e. The van der Waals surface area contributed by atoms with Crippen molar-refractivity contribution in [3.8, 4) is 0 Å². The fourth-order valence-electron chi connectivity index (χ4n) is 2.18. The van der Waals surface area contributed by atoms with E-state index in [2.05, 4.69) is 36.2 Å². The SMILES string of the molecule is CCCCCCCCCCN1C=CN(C)C1.[O-][I+2]([O-])O. The zero-order chi connectivity index (χ0) is 15.2. The second-order valence-electron chi connectivity index (χ2n) is 5.18. The average molecular weight is 400 g/mol. The van der Waals surface area contributed by atoms with E-state index in [4.69, 9.17) is 10.3 Å². The van der Waals surface area contributed by atoms with E-state index in [9.17, 15) is 0 Å². The summed E-state index contributed by atoms with van der Waals surface area (Å²) in [6, 6.07) is 0. The van der Waals surface area contributed by atoms with Crippen LogP contribution in [0.4, 0.5) is 0 Å². The Morgan fingerprint density at radius 1 is 1.00 bits per heavy atom. The van der Waals surface area contributed by atoms with Crippen LogP contribution < -0.4 is 27.9 Å².